The Balaban J connectivity index is 1.58. The summed E-state index contributed by atoms with van der Waals surface area (Å²) in [4.78, 5) is 28.7. The van der Waals surface area contributed by atoms with E-state index in [9.17, 15) is 9.59 Å². The van der Waals surface area contributed by atoms with Crippen LogP contribution < -0.4 is 5.32 Å². The van der Waals surface area contributed by atoms with Gasteiger partial charge in [-0.25, -0.2) is 0 Å². The van der Waals surface area contributed by atoms with Crippen molar-refractivity contribution < 1.29 is 14.3 Å². The number of hydrogen-bond acceptors (Lipinski definition) is 4. The standard InChI is InChI=1S/C21H23Cl2N3O3/c1-25(14-20(27)24-17-5-6-18(22)19(23)12-17)21(28)16-4-2-3-15(11-16)13-26-7-9-29-10-8-26/h2-6,11-12H,7-10,13-14H2,1H3,(H,24,27). The van der Waals surface area contributed by atoms with Crippen molar-refractivity contribution in [3.63, 3.8) is 0 Å². The maximum absolute atomic E-state index is 12.7. The van der Waals surface area contributed by atoms with Crippen molar-refractivity contribution in [1.29, 1.82) is 0 Å². The average molecular weight is 436 g/mol. The Labute approximate surface area is 180 Å². The Hall–Kier alpha value is -2.12. The van der Waals surface area contributed by atoms with E-state index in [-0.39, 0.29) is 18.4 Å². The maximum atomic E-state index is 12.7. The summed E-state index contributed by atoms with van der Waals surface area (Å²) in [5.41, 5.74) is 2.14. The average Bonchev–Trinajstić information content (AvgIpc) is 2.71. The number of ether oxygens (including phenoxy) is 1. The number of carbonyl (C=O) groups is 2. The third-order valence-electron chi connectivity index (χ3n) is 4.61. The molecule has 1 N–H and O–H groups in total. The second-order valence-corrected chi connectivity index (χ2v) is 7.74. The second-order valence-electron chi connectivity index (χ2n) is 6.93. The lowest BCUT2D eigenvalue weighted by atomic mass is 10.1. The summed E-state index contributed by atoms with van der Waals surface area (Å²) in [6.45, 7) is 3.92. The van der Waals surface area contributed by atoms with E-state index in [1.807, 2.05) is 18.2 Å². The van der Waals surface area contributed by atoms with Gasteiger partial charge in [0.15, 0.2) is 0 Å². The monoisotopic (exact) mass is 435 g/mol. The minimum atomic E-state index is -0.316. The van der Waals surface area contributed by atoms with Crippen molar-refractivity contribution in [3.8, 4) is 0 Å². The molecule has 0 aliphatic carbocycles. The summed E-state index contributed by atoms with van der Waals surface area (Å²) >= 11 is 11.8. The quantitative estimate of drug-likeness (QED) is 0.753. The van der Waals surface area contributed by atoms with Crippen molar-refractivity contribution in [1.82, 2.24) is 9.80 Å². The molecular formula is C21H23Cl2N3O3. The first-order valence-electron chi connectivity index (χ1n) is 9.32. The third kappa shape index (κ3) is 6.18. The summed E-state index contributed by atoms with van der Waals surface area (Å²) in [5.74, 6) is -0.526. The first-order valence-corrected chi connectivity index (χ1v) is 10.1. The van der Waals surface area contributed by atoms with Crippen molar-refractivity contribution in [2.24, 2.45) is 0 Å². The normalized spacial score (nSPS) is 14.4. The number of benzene rings is 2. The van der Waals surface area contributed by atoms with Crippen LogP contribution >= 0.6 is 23.2 Å². The van der Waals surface area contributed by atoms with Crippen LogP contribution in [0.25, 0.3) is 0 Å². The maximum Gasteiger partial charge on any atom is 0.254 e. The molecular weight excluding hydrogens is 413 g/mol. The minimum absolute atomic E-state index is 0.0766. The topological polar surface area (TPSA) is 61.9 Å². The van der Waals surface area contributed by atoms with Crippen LogP contribution in [0, 0.1) is 0 Å². The predicted molar refractivity (Wildman–Crippen MR) is 115 cm³/mol. The van der Waals surface area contributed by atoms with E-state index in [2.05, 4.69) is 10.2 Å². The molecule has 0 spiro atoms. The van der Waals surface area contributed by atoms with Gasteiger partial charge in [0.2, 0.25) is 5.91 Å². The predicted octanol–water partition coefficient (Wildman–Crippen LogP) is 3.54. The van der Waals surface area contributed by atoms with E-state index in [1.54, 1.807) is 31.3 Å². The number of halogens is 2. The van der Waals surface area contributed by atoms with Gasteiger partial charge in [0.25, 0.3) is 5.91 Å². The fourth-order valence-corrected chi connectivity index (χ4v) is 3.40. The molecule has 1 fully saturated rings. The molecule has 2 aromatic rings. The number of likely N-dealkylation sites (N-methyl/N-ethyl adjacent to an activating group) is 1. The van der Waals surface area contributed by atoms with Gasteiger partial charge in [-0.1, -0.05) is 35.3 Å². The molecule has 154 valence electrons. The third-order valence-corrected chi connectivity index (χ3v) is 5.35. The molecule has 6 nitrogen and oxygen atoms in total. The van der Waals surface area contributed by atoms with Gasteiger partial charge >= 0.3 is 0 Å². The first-order chi connectivity index (χ1) is 13.9. The van der Waals surface area contributed by atoms with Gasteiger partial charge in [0, 0.05) is 37.9 Å². The number of rotatable bonds is 6. The highest BCUT2D eigenvalue weighted by atomic mass is 35.5. The van der Waals surface area contributed by atoms with E-state index >= 15 is 0 Å². The molecule has 2 amide bonds. The Morgan fingerprint density at radius 3 is 2.59 bits per heavy atom. The number of anilines is 1. The van der Waals surface area contributed by atoms with Crippen molar-refractivity contribution in [2.45, 2.75) is 6.54 Å². The molecule has 29 heavy (non-hydrogen) atoms. The number of morpholine rings is 1. The molecule has 0 aromatic heterocycles. The largest absolute Gasteiger partial charge is 0.379 e. The van der Waals surface area contributed by atoms with Gasteiger partial charge in [-0.05, 0) is 35.9 Å². The van der Waals surface area contributed by atoms with Crippen LogP contribution in [0.15, 0.2) is 42.5 Å². The van der Waals surface area contributed by atoms with Crippen molar-refractivity contribution in [2.75, 3.05) is 45.2 Å². The summed E-state index contributed by atoms with van der Waals surface area (Å²) < 4.78 is 5.37. The first kappa shape index (κ1) is 21.6. The lowest BCUT2D eigenvalue weighted by Gasteiger charge is -2.26. The zero-order chi connectivity index (χ0) is 20.8. The van der Waals surface area contributed by atoms with E-state index in [0.717, 1.165) is 38.4 Å². The molecule has 0 saturated carbocycles. The van der Waals surface area contributed by atoms with Crippen LogP contribution in [0.3, 0.4) is 0 Å². The number of carbonyl (C=O) groups excluding carboxylic acids is 2. The van der Waals surface area contributed by atoms with Gasteiger partial charge in [0.1, 0.15) is 0 Å². The second kappa shape index (κ2) is 10.1. The summed E-state index contributed by atoms with van der Waals surface area (Å²) in [5, 5.41) is 3.48. The smallest absolute Gasteiger partial charge is 0.254 e. The number of hydrogen-bond donors (Lipinski definition) is 1. The Kier molecular flexibility index (Phi) is 7.50. The van der Waals surface area contributed by atoms with Gasteiger partial charge in [0.05, 0.1) is 29.8 Å². The van der Waals surface area contributed by atoms with Crippen LogP contribution in [-0.4, -0.2) is 61.5 Å². The lowest BCUT2D eigenvalue weighted by molar-refractivity contribution is -0.116. The zero-order valence-electron chi connectivity index (χ0n) is 16.2. The van der Waals surface area contributed by atoms with Crippen LogP contribution in [0.4, 0.5) is 5.69 Å². The molecule has 0 bridgehead atoms. The van der Waals surface area contributed by atoms with E-state index in [4.69, 9.17) is 27.9 Å². The SMILES string of the molecule is CN(CC(=O)Nc1ccc(Cl)c(Cl)c1)C(=O)c1cccc(CN2CCOCC2)c1. The zero-order valence-corrected chi connectivity index (χ0v) is 17.7. The van der Waals surface area contributed by atoms with Gasteiger partial charge in [-0.15, -0.1) is 0 Å². The highest BCUT2D eigenvalue weighted by Gasteiger charge is 2.17. The molecule has 8 heteroatoms. The fourth-order valence-electron chi connectivity index (χ4n) is 3.10. The highest BCUT2D eigenvalue weighted by Crippen LogP contribution is 2.25. The van der Waals surface area contributed by atoms with Gasteiger partial charge < -0.3 is 15.0 Å². The van der Waals surface area contributed by atoms with E-state index in [1.165, 1.54) is 4.90 Å². The minimum Gasteiger partial charge on any atom is -0.379 e. The molecule has 1 aliphatic heterocycles. The summed E-state index contributed by atoms with van der Waals surface area (Å²) in [7, 11) is 1.60. The van der Waals surface area contributed by atoms with E-state index < -0.39 is 0 Å². The van der Waals surface area contributed by atoms with Crippen molar-refractivity contribution >= 4 is 40.7 Å². The molecule has 0 atom stereocenters. The number of amides is 2. The van der Waals surface area contributed by atoms with Crippen LogP contribution in [0.1, 0.15) is 15.9 Å². The Morgan fingerprint density at radius 2 is 1.86 bits per heavy atom. The van der Waals surface area contributed by atoms with Crippen LogP contribution in [0.5, 0.6) is 0 Å². The van der Waals surface area contributed by atoms with Gasteiger partial charge in [-0.2, -0.15) is 0 Å². The van der Waals surface area contributed by atoms with Gasteiger partial charge in [-0.3, -0.25) is 14.5 Å². The Bertz CT molecular complexity index is 885. The molecule has 1 heterocycles. The molecule has 1 aliphatic rings. The lowest BCUT2D eigenvalue weighted by Crippen LogP contribution is -2.36. The number of nitrogens with one attached hydrogen (secondary N) is 1. The number of nitrogens with zero attached hydrogens (tertiary/aromatic N) is 2. The Morgan fingerprint density at radius 1 is 1.10 bits per heavy atom. The molecule has 3 rings (SSSR count). The fraction of sp³-hybridized carbons (Fsp3) is 0.333. The summed E-state index contributed by atoms with van der Waals surface area (Å²) in [6, 6.07) is 12.3. The molecule has 0 unspecified atom stereocenters. The molecule has 0 radical (unpaired) electrons. The van der Waals surface area contributed by atoms with Crippen LogP contribution in [0.2, 0.25) is 10.0 Å². The highest BCUT2D eigenvalue weighted by molar-refractivity contribution is 6.42. The molecule has 1 saturated heterocycles. The summed E-state index contributed by atoms with van der Waals surface area (Å²) in [6.07, 6.45) is 0. The van der Waals surface area contributed by atoms with E-state index in [0.29, 0.717) is 21.3 Å². The molecule has 2 aromatic carbocycles. The van der Waals surface area contributed by atoms with Crippen LogP contribution in [-0.2, 0) is 16.1 Å². The van der Waals surface area contributed by atoms with Crippen molar-refractivity contribution in [3.05, 3.63) is 63.6 Å².